The van der Waals surface area contributed by atoms with E-state index in [1.165, 1.54) is 0 Å². The molecule has 0 aliphatic carbocycles. The summed E-state index contributed by atoms with van der Waals surface area (Å²) < 4.78 is 16.0. The van der Waals surface area contributed by atoms with Crippen LogP contribution < -0.4 is 24.8 Å². The van der Waals surface area contributed by atoms with Crippen LogP contribution in [0.4, 0.5) is 4.79 Å². The lowest BCUT2D eigenvalue weighted by atomic mass is 10.1. The number of hydrogen-bond donors (Lipinski definition) is 2. The van der Waals surface area contributed by atoms with E-state index in [2.05, 4.69) is 10.6 Å². The van der Waals surface area contributed by atoms with Crippen LogP contribution in [0.3, 0.4) is 0 Å². The summed E-state index contributed by atoms with van der Waals surface area (Å²) in [4.78, 5) is 11.9. The topological polar surface area (TPSA) is 68.8 Å². The van der Waals surface area contributed by atoms with Crippen molar-refractivity contribution >= 4 is 6.03 Å². The quantitative estimate of drug-likeness (QED) is 0.672. The lowest BCUT2D eigenvalue weighted by molar-refractivity contribution is 0.241. The molecule has 2 rings (SSSR count). The van der Waals surface area contributed by atoms with Crippen molar-refractivity contribution in [3.05, 3.63) is 53.6 Å². The summed E-state index contributed by atoms with van der Waals surface area (Å²) in [6.07, 6.45) is 1.49. The molecular weight excluding hydrogens is 344 g/mol. The van der Waals surface area contributed by atoms with Crippen LogP contribution in [0, 0.1) is 0 Å². The lowest BCUT2D eigenvalue weighted by Gasteiger charge is -2.11. The van der Waals surface area contributed by atoms with Crippen LogP contribution in [-0.2, 0) is 12.8 Å². The first-order valence-corrected chi connectivity index (χ1v) is 9.10. The van der Waals surface area contributed by atoms with E-state index in [9.17, 15) is 4.79 Å². The average Bonchev–Trinajstić information content (AvgIpc) is 2.69. The molecule has 2 N–H and O–H groups in total. The molecule has 0 unspecified atom stereocenters. The summed E-state index contributed by atoms with van der Waals surface area (Å²) in [5.41, 5.74) is 2.23. The van der Waals surface area contributed by atoms with E-state index < -0.39 is 0 Å². The smallest absolute Gasteiger partial charge is 0.314 e. The summed E-state index contributed by atoms with van der Waals surface area (Å²) in [7, 11) is 3.26. The molecule has 2 aromatic carbocycles. The van der Waals surface area contributed by atoms with Gasteiger partial charge in [0.15, 0.2) is 11.5 Å². The van der Waals surface area contributed by atoms with Gasteiger partial charge in [-0.2, -0.15) is 0 Å². The van der Waals surface area contributed by atoms with Crippen LogP contribution in [-0.4, -0.2) is 39.9 Å². The largest absolute Gasteiger partial charge is 0.497 e. The molecular formula is C21H28N2O4. The first-order valence-electron chi connectivity index (χ1n) is 9.10. The molecule has 6 heteroatoms. The Kier molecular flexibility index (Phi) is 8.29. The van der Waals surface area contributed by atoms with Crippen molar-refractivity contribution in [2.45, 2.75) is 19.8 Å². The molecule has 0 aliphatic heterocycles. The van der Waals surface area contributed by atoms with E-state index in [0.717, 1.165) is 29.0 Å². The fraction of sp³-hybridized carbons (Fsp3) is 0.381. The Morgan fingerprint density at radius 2 is 1.48 bits per heavy atom. The van der Waals surface area contributed by atoms with Crippen LogP contribution >= 0.6 is 0 Å². The van der Waals surface area contributed by atoms with Gasteiger partial charge in [-0.3, -0.25) is 0 Å². The van der Waals surface area contributed by atoms with Crippen LogP contribution in [0.5, 0.6) is 17.2 Å². The van der Waals surface area contributed by atoms with E-state index in [1.54, 1.807) is 14.2 Å². The Hall–Kier alpha value is -2.89. The third kappa shape index (κ3) is 6.73. The zero-order valence-electron chi connectivity index (χ0n) is 16.2. The maximum absolute atomic E-state index is 11.9. The van der Waals surface area contributed by atoms with Gasteiger partial charge in [-0.25, -0.2) is 4.79 Å². The summed E-state index contributed by atoms with van der Waals surface area (Å²) in [5, 5.41) is 5.74. The fourth-order valence-corrected chi connectivity index (χ4v) is 2.64. The van der Waals surface area contributed by atoms with Gasteiger partial charge in [0.1, 0.15) is 5.75 Å². The molecule has 0 aliphatic rings. The molecule has 6 nitrogen and oxygen atoms in total. The number of carbonyl (C=O) groups excluding carboxylic acids is 1. The molecule has 0 radical (unpaired) electrons. The normalized spacial score (nSPS) is 10.2. The molecule has 2 amide bonds. The molecule has 2 aromatic rings. The minimum Gasteiger partial charge on any atom is -0.497 e. The standard InChI is InChI=1S/C21H28N2O4/c1-4-27-19-10-7-17(15-20(19)26-3)12-14-23-21(24)22-13-11-16-5-8-18(25-2)9-6-16/h5-10,15H,4,11-14H2,1-3H3,(H2,22,23,24). The SMILES string of the molecule is CCOc1ccc(CCNC(=O)NCCc2ccc(OC)cc2)cc1OC. The van der Waals surface area contributed by atoms with Crippen molar-refractivity contribution < 1.29 is 19.0 Å². The van der Waals surface area contributed by atoms with Gasteiger partial charge in [-0.15, -0.1) is 0 Å². The number of rotatable bonds is 10. The number of ether oxygens (including phenoxy) is 3. The Morgan fingerprint density at radius 3 is 2.07 bits per heavy atom. The first-order chi connectivity index (χ1) is 13.2. The Balaban J connectivity index is 1.69. The van der Waals surface area contributed by atoms with Crippen LogP contribution in [0.1, 0.15) is 18.1 Å². The van der Waals surface area contributed by atoms with E-state index in [-0.39, 0.29) is 6.03 Å². The second-order valence-electron chi connectivity index (χ2n) is 5.95. The minimum absolute atomic E-state index is 0.165. The second-order valence-corrected chi connectivity index (χ2v) is 5.95. The van der Waals surface area contributed by atoms with Gasteiger partial charge in [0.2, 0.25) is 0 Å². The third-order valence-electron chi connectivity index (χ3n) is 4.09. The zero-order chi connectivity index (χ0) is 19.5. The van der Waals surface area contributed by atoms with Crippen molar-refractivity contribution in [2.75, 3.05) is 33.9 Å². The zero-order valence-corrected chi connectivity index (χ0v) is 16.2. The van der Waals surface area contributed by atoms with Crippen molar-refractivity contribution in [2.24, 2.45) is 0 Å². The van der Waals surface area contributed by atoms with Crippen LogP contribution in [0.25, 0.3) is 0 Å². The predicted molar refractivity (Wildman–Crippen MR) is 106 cm³/mol. The number of benzene rings is 2. The highest BCUT2D eigenvalue weighted by Crippen LogP contribution is 2.28. The molecule has 0 heterocycles. The fourth-order valence-electron chi connectivity index (χ4n) is 2.64. The number of amides is 2. The van der Waals surface area contributed by atoms with Gasteiger partial charge >= 0.3 is 6.03 Å². The maximum Gasteiger partial charge on any atom is 0.314 e. The Morgan fingerprint density at radius 1 is 0.852 bits per heavy atom. The summed E-state index contributed by atoms with van der Waals surface area (Å²) in [6, 6.07) is 13.5. The average molecular weight is 372 g/mol. The summed E-state index contributed by atoms with van der Waals surface area (Å²) in [6.45, 7) is 3.65. The highest BCUT2D eigenvalue weighted by Gasteiger charge is 2.06. The van der Waals surface area contributed by atoms with Gasteiger partial charge in [0.25, 0.3) is 0 Å². The Labute approximate surface area is 160 Å². The molecule has 0 bridgehead atoms. The number of methoxy groups -OCH3 is 2. The van der Waals surface area contributed by atoms with Crippen molar-refractivity contribution in [1.29, 1.82) is 0 Å². The first kappa shape index (κ1) is 20.4. The molecule has 0 aromatic heterocycles. The molecule has 0 saturated carbocycles. The summed E-state index contributed by atoms with van der Waals surface area (Å²) >= 11 is 0. The second kappa shape index (κ2) is 11.0. The lowest BCUT2D eigenvalue weighted by Crippen LogP contribution is -2.37. The number of carbonyl (C=O) groups is 1. The van der Waals surface area contributed by atoms with Gasteiger partial charge in [0, 0.05) is 13.1 Å². The molecule has 0 spiro atoms. The number of urea groups is 1. The highest BCUT2D eigenvalue weighted by atomic mass is 16.5. The van der Waals surface area contributed by atoms with Gasteiger partial charge in [-0.1, -0.05) is 18.2 Å². The van der Waals surface area contributed by atoms with E-state index in [4.69, 9.17) is 14.2 Å². The molecule has 27 heavy (non-hydrogen) atoms. The predicted octanol–water partition coefficient (Wildman–Crippen LogP) is 3.19. The third-order valence-corrected chi connectivity index (χ3v) is 4.09. The van der Waals surface area contributed by atoms with E-state index >= 15 is 0 Å². The number of nitrogens with one attached hydrogen (secondary N) is 2. The number of hydrogen-bond acceptors (Lipinski definition) is 4. The highest BCUT2D eigenvalue weighted by molar-refractivity contribution is 5.73. The molecule has 0 atom stereocenters. The van der Waals surface area contributed by atoms with Crippen molar-refractivity contribution in [1.82, 2.24) is 10.6 Å². The van der Waals surface area contributed by atoms with E-state index in [0.29, 0.717) is 31.9 Å². The maximum atomic E-state index is 11.9. The molecule has 146 valence electrons. The molecule has 0 fully saturated rings. The summed E-state index contributed by atoms with van der Waals surface area (Å²) in [5.74, 6) is 2.27. The van der Waals surface area contributed by atoms with E-state index in [1.807, 2.05) is 49.4 Å². The van der Waals surface area contributed by atoms with Crippen LogP contribution in [0.2, 0.25) is 0 Å². The monoisotopic (exact) mass is 372 g/mol. The van der Waals surface area contributed by atoms with Crippen LogP contribution in [0.15, 0.2) is 42.5 Å². The van der Waals surface area contributed by atoms with Gasteiger partial charge in [0.05, 0.1) is 20.8 Å². The Bertz CT molecular complexity index is 717. The minimum atomic E-state index is -0.165. The van der Waals surface area contributed by atoms with Gasteiger partial charge < -0.3 is 24.8 Å². The molecule has 0 saturated heterocycles. The van der Waals surface area contributed by atoms with Crippen molar-refractivity contribution in [3.8, 4) is 17.2 Å². The van der Waals surface area contributed by atoms with Gasteiger partial charge in [-0.05, 0) is 55.2 Å². The van der Waals surface area contributed by atoms with Crippen molar-refractivity contribution in [3.63, 3.8) is 0 Å².